The van der Waals surface area contributed by atoms with E-state index in [1.807, 2.05) is 31.2 Å². The zero-order valence-corrected chi connectivity index (χ0v) is 13.3. The summed E-state index contributed by atoms with van der Waals surface area (Å²) in [4.78, 5) is 22.7. The molecule has 122 valence electrons. The molecule has 2 aromatic rings. The van der Waals surface area contributed by atoms with Gasteiger partial charge in [0.25, 0.3) is 5.91 Å². The molecule has 0 spiro atoms. The number of primary amides is 1. The third-order valence-electron chi connectivity index (χ3n) is 3.23. The van der Waals surface area contributed by atoms with Crippen molar-refractivity contribution in [1.29, 1.82) is 0 Å². The maximum atomic E-state index is 11.7. The van der Waals surface area contributed by atoms with Crippen LogP contribution in [0.1, 0.15) is 21.5 Å². The lowest BCUT2D eigenvalue weighted by Gasteiger charge is -2.07. The lowest BCUT2D eigenvalue weighted by atomic mass is 10.1. The summed E-state index contributed by atoms with van der Waals surface area (Å²) < 4.78 is 5.45. The lowest BCUT2D eigenvalue weighted by molar-refractivity contribution is -0.122. The summed E-state index contributed by atoms with van der Waals surface area (Å²) in [6, 6.07) is 14.1. The number of hydrogen-bond acceptors (Lipinski definition) is 3. The Bertz CT molecular complexity index is 786. The molecule has 0 radical (unpaired) electrons. The van der Waals surface area contributed by atoms with Crippen molar-refractivity contribution in [2.24, 2.45) is 5.73 Å². The number of carbonyl (C=O) groups is 2. The van der Waals surface area contributed by atoms with E-state index in [1.54, 1.807) is 24.3 Å². The van der Waals surface area contributed by atoms with Crippen molar-refractivity contribution in [3.05, 3.63) is 65.2 Å². The third kappa shape index (κ3) is 5.18. The van der Waals surface area contributed by atoms with Crippen LogP contribution in [0.25, 0.3) is 0 Å². The molecule has 2 aromatic carbocycles. The van der Waals surface area contributed by atoms with E-state index in [0.29, 0.717) is 11.3 Å². The minimum absolute atomic E-state index is 0.0557. The van der Waals surface area contributed by atoms with Crippen molar-refractivity contribution in [3.8, 4) is 17.6 Å². The molecule has 5 heteroatoms. The number of nitrogens with two attached hydrogens (primary N) is 1. The maximum Gasteiger partial charge on any atom is 0.258 e. The zero-order valence-electron chi connectivity index (χ0n) is 13.3. The van der Waals surface area contributed by atoms with Gasteiger partial charge in [-0.05, 0) is 42.8 Å². The summed E-state index contributed by atoms with van der Waals surface area (Å²) in [5.74, 6) is 5.70. The summed E-state index contributed by atoms with van der Waals surface area (Å²) in [6.45, 7) is 2.08. The molecule has 3 N–H and O–H groups in total. The fourth-order valence-electron chi connectivity index (χ4n) is 1.92. The molecule has 0 unspecified atom stereocenters. The molecule has 24 heavy (non-hydrogen) atoms. The van der Waals surface area contributed by atoms with E-state index in [1.165, 1.54) is 0 Å². The van der Waals surface area contributed by atoms with Crippen molar-refractivity contribution in [1.82, 2.24) is 5.32 Å². The number of nitrogens with one attached hydrogen (secondary N) is 1. The maximum absolute atomic E-state index is 11.7. The highest BCUT2D eigenvalue weighted by atomic mass is 16.5. The second-order valence-electron chi connectivity index (χ2n) is 5.07. The molecule has 5 nitrogen and oxygen atoms in total. The van der Waals surface area contributed by atoms with E-state index < -0.39 is 5.91 Å². The third-order valence-corrected chi connectivity index (χ3v) is 3.23. The number of aryl methyl sites for hydroxylation is 1. The van der Waals surface area contributed by atoms with E-state index >= 15 is 0 Å². The molecule has 2 rings (SSSR count). The molecule has 0 aromatic heterocycles. The fraction of sp³-hybridized carbons (Fsp3) is 0.158. The molecule has 2 amide bonds. The van der Waals surface area contributed by atoms with Crippen LogP contribution in [0, 0.1) is 18.8 Å². The first kappa shape index (κ1) is 17.1. The van der Waals surface area contributed by atoms with Gasteiger partial charge in [0.15, 0.2) is 6.61 Å². The first-order valence-corrected chi connectivity index (χ1v) is 7.40. The van der Waals surface area contributed by atoms with Crippen LogP contribution in [0.5, 0.6) is 5.75 Å². The molecule has 0 aliphatic heterocycles. The lowest BCUT2D eigenvalue weighted by Crippen LogP contribution is -2.29. The highest BCUT2D eigenvalue weighted by molar-refractivity contribution is 5.92. The highest BCUT2D eigenvalue weighted by Gasteiger charge is 2.03. The second kappa shape index (κ2) is 8.39. The minimum Gasteiger partial charge on any atom is -0.484 e. The van der Waals surface area contributed by atoms with Crippen molar-refractivity contribution >= 4 is 11.8 Å². The Labute approximate surface area is 140 Å². The zero-order chi connectivity index (χ0) is 17.4. The van der Waals surface area contributed by atoms with Crippen LogP contribution in [0.3, 0.4) is 0 Å². The van der Waals surface area contributed by atoms with Crippen LogP contribution in [0.15, 0.2) is 48.5 Å². The van der Waals surface area contributed by atoms with Crippen LogP contribution in [-0.2, 0) is 4.79 Å². The largest absolute Gasteiger partial charge is 0.484 e. The van der Waals surface area contributed by atoms with E-state index in [2.05, 4.69) is 17.2 Å². The standard InChI is InChI=1S/C19H18N2O3/c1-14-5-2-3-7-17(14)24-13-18(22)21-12-4-6-15-8-10-16(11-9-15)19(20)23/h2-3,5,7-11H,12-13H2,1H3,(H2,20,23)(H,21,22). The molecular weight excluding hydrogens is 304 g/mol. The molecular formula is C19H18N2O3. The van der Waals surface area contributed by atoms with Crippen LogP contribution in [-0.4, -0.2) is 25.0 Å². The van der Waals surface area contributed by atoms with E-state index in [0.717, 1.165) is 11.1 Å². The van der Waals surface area contributed by atoms with Crippen molar-refractivity contribution in [2.75, 3.05) is 13.2 Å². The Balaban J connectivity index is 1.77. The predicted molar refractivity (Wildman–Crippen MR) is 91.5 cm³/mol. The average molecular weight is 322 g/mol. The van der Waals surface area contributed by atoms with E-state index in [-0.39, 0.29) is 19.1 Å². The Hall–Kier alpha value is -3.26. The summed E-state index contributed by atoms with van der Waals surface area (Å²) in [6.07, 6.45) is 0. The topological polar surface area (TPSA) is 81.4 Å². The average Bonchev–Trinajstić information content (AvgIpc) is 2.58. The highest BCUT2D eigenvalue weighted by Crippen LogP contribution is 2.15. The molecule has 0 saturated heterocycles. The van der Waals surface area contributed by atoms with Crippen LogP contribution < -0.4 is 15.8 Å². The fourth-order valence-corrected chi connectivity index (χ4v) is 1.92. The van der Waals surface area contributed by atoms with Crippen LogP contribution >= 0.6 is 0 Å². The number of para-hydroxylation sites is 1. The summed E-state index contributed by atoms with van der Waals surface area (Å²) in [7, 11) is 0. The summed E-state index contributed by atoms with van der Waals surface area (Å²) >= 11 is 0. The van der Waals surface area contributed by atoms with Gasteiger partial charge in [0.05, 0.1) is 6.54 Å². The van der Waals surface area contributed by atoms with Crippen molar-refractivity contribution < 1.29 is 14.3 Å². The SMILES string of the molecule is Cc1ccccc1OCC(=O)NCC#Cc1ccc(C(N)=O)cc1. The Morgan fingerprint density at radius 3 is 2.50 bits per heavy atom. The number of hydrogen-bond donors (Lipinski definition) is 2. The van der Waals surface area contributed by atoms with Gasteiger partial charge in [-0.15, -0.1) is 0 Å². The van der Waals surface area contributed by atoms with Gasteiger partial charge in [-0.3, -0.25) is 9.59 Å². The first-order valence-electron chi connectivity index (χ1n) is 7.40. The molecule has 0 bridgehead atoms. The molecule has 0 atom stereocenters. The van der Waals surface area contributed by atoms with Gasteiger partial charge in [0.1, 0.15) is 5.75 Å². The van der Waals surface area contributed by atoms with Gasteiger partial charge in [-0.2, -0.15) is 0 Å². The van der Waals surface area contributed by atoms with Crippen molar-refractivity contribution in [3.63, 3.8) is 0 Å². The Morgan fingerprint density at radius 1 is 1.12 bits per heavy atom. The quantitative estimate of drug-likeness (QED) is 0.821. The minimum atomic E-state index is -0.476. The number of rotatable bonds is 5. The number of benzene rings is 2. The van der Waals surface area contributed by atoms with Gasteiger partial charge in [0, 0.05) is 11.1 Å². The van der Waals surface area contributed by atoms with E-state index in [9.17, 15) is 9.59 Å². The number of carbonyl (C=O) groups excluding carboxylic acids is 2. The Morgan fingerprint density at radius 2 is 1.83 bits per heavy atom. The molecule has 0 heterocycles. The Kier molecular flexibility index (Phi) is 5.98. The van der Waals surface area contributed by atoms with Crippen molar-refractivity contribution in [2.45, 2.75) is 6.92 Å². The van der Waals surface area contributed by atoms with Gasteiger partial charge in [-0.1, -0.05) is 30.0 Å². The summed E-state index contributed by atoms with van der Waals surface area (Å²) in [5.41, 5.74) is 7.31. The monoisotopic (exact) mass is 322 g/mol. The molecule has 0 saturated carbocycles. The van der Waals surface area contributed by atoms with Gasteiger partial charge in [0.2, 0.25) is 5.91 Å². The number of ether oxygens (including phenoxy) is 1. The van der Waals surface area contributed by atoms with Crippen LogP contribution in [0.2, 0.25) is 0 Å². The second-order valence-corrected chi connectivity index (χ2v) is 5.07. The number of amides is 2. The molecule has 0 fully saturated rings. The predicted octanol–water partition coefficient (Wildman–Crippen LogP) is 1.64. The van der Waals surface area contributed by atoms with Gasteiger partial charge in [-0.25, -0.2) is 0 Å². The van der Waals surface area contributed by atoms with E-state index in [4.69, 9.17) is 10.5 Å². The molecule has 0 aliphatic rings. The smallest absolute Gasteiger partial charge is 0.258 e. The summed E-state index contributed by atoms with van der Waals surface area (Å²) in [5, 5.41) is 2.66. The normalized spacial score (nSPS) is 9.54. The van der Waals surface area contributed by atoms with Crippen LogP contribution in [0.4, 0.5) is 0 Å². The first-order chi connectivity index (χ1) is 11.6. The van der Waals surface area contributed by atoms with Gasteiger partial charge >= 0.3 is 0 Å². The molecule has 0 aliphatic carbocycles. The van der Waals surface area contributed by atoms with Gasteiger partial charge < -0.3 is 15.8 Å².